The first-order valence-electron chi connectivity index (χ1n) is 9.28. The predicted octanol–water partition coefficient (Wildman–Crippen LogP) is 6.64. The van der Waals surface area contributed by atoms with E-state index < -0.39 is 17.5 Å². The van der Waals surface area contributed by atoms with Crippen LogP contribution in [0.4, 0.5) is 13.2 Å². The lowest BCUT2D eigenvalue weighted by Gasteiger charge is -2.28. The zero-order valence-electron chi connectivity index (χ0n) is 14.6. The molecule has 2 rings (SSSR count). The van der Waals surface area contributed by atoms with Crippen molar-refractivity contribution in [3.63, 3.8) is 0 Å². The Morgan fingerprint density at radius 1 is 1.04 bits per heavy atom. The Bertz CT molecular complexity index is 610. The van der Waals surface area contributed by atoms with E-state index >= 15 is 0 Å². The molecule has 0 unspecified atom stereocenters. The van der Waals surface area contributed by atoms with E-state index in [2.05, 4.69) is 0 Å². The van der Waals surface area contributed by atoms with Crippen LogP contribution >= 0.6 is 0 Å². The molecule has 25 heavy (non-hydrogen) atoms. The van der Waals surface area contributed by atoms with E-state index in [1.54, 1.807) is 6.07 Å². The first-order valence-corrected chi connectivity index (χ1v) is 9.28. The van der Waals surface area contributed by atoms with Crippen LogP contribution in [0, 0.1) is 34.8 Å². The molecule has 4 heteroatoms. The maximum Gasteiger partial charge on any atom is 0.196 e. The SMILES string of the molecule is N#C/C(F)=C/CCC1CCC(CCCCc2ccc(F)c(F)c2)CC1. The van der Waals surface area contributed by atoms with Gasteiger partial charge in [-0.05, 0) is 61.3 Å². The standard InChI is InChI=1S/C21H26F3N/c22-19(15-25)7-3-6-17-10-8-16(9-11-17)4-1-2-5-18-12-13-20(23)21(24)14-18/h7,12-14,16-17H,1-6,8-11H2/b19-7-. The number of unbranched alkanes of at least 4 members (excludes halogenated alkanes) is 1. The summed E-state index contributed by atoms with van der Waals surface area (Å²) in [5.74, 6) is -0.810. The molecule has 0 aromatic heterocycles. The monoisotopic (exact) mass is 349 g/mol. The Morgan fingerprint density at radius 2 is 1.72 bits per heavy atom. The summed E-state index contributed by atoms with van der Waals surface area (Å²) in [5.41, 5.74) is 0.861. The fourth-order valence-corrected chi connectivity index (χ4v) is 3.76. The minimum atomic E-state index is -0.786. The van der Waals surface area contributed by atoms with Gasteiger partial charge in [-0.25, -0.2) is 8.78 Å². The molecule has 1 aliphatic rings. The highest BCUT2D eigenvalue weighted by molar-refractivity contribution is 5.17. The molecule has 0 saturated heterocycles. The average molecular weight is 349 g/mol. The van der Waals surface area contributed by atoms with Gasteiger partial charge in [0.2, 0.25) is 0 Å². The van der Waals surface area contributed by atoms with Gasteiger partial charge in [0.15, 0.2) is 17.5 Å². The average Bonchev–Trinajstić information content (AvgIpc) is 2.62. The first-order chi connectivity index (χ1) is 12.1. The summed E-state index contributed by atoms with van der Waals surface area (Å²) in [6.45, 7) is 0. The van der Waals surface area contributed by atoms with Crippen molar-refractivity contribution in [1.82, 2.24) is 0 Å². The van der Waals surface area contributed by atoms with Gasteiger partial charge in [0.05, 0.1) is 0 Å². The van der Waals surface area contributed by atoms with Crippen molar-refractivity contribution in [2.45, 2.75) is 64.2 Å². The lowest BCUT2D eigenvalue weighted by Crippen LogP contribution is -2.14. The van der Waals surface area contributed by atoms with Gasteiger partial charge in [-0.1, -0.05) is 44.6 Å². The number of allylic oxidation sites excluding steroid dienone is 2. The lowest BCUT2D eigenvalue weighted by molar-refractivity contribution is 0.250. The van der Waals surface area contributed by atoms with Crippen LogP contribution in [0.15, 0.2) is 30.1 Å². The normalized spacial score (nSPS) is 21.1. The van der Waals surface area contributed by atoms with Gasteiger partial charge in [-0.15, -0.1) is 0 Å². The molecule has 1 saturated carbocycles. The van der Waals surface area contributed by atoms with Gasteiger partial charge >= 0.3 is 0 Å². The van der Waals surface area contributed by atoms with Crippen molar-refractivity contribution >= 4 is 0 Å². The number of hydrogen-bond acceptors (Lipinski definition) is 1. The highest BCUT2D eigenvalue weighted by atomic mass is 19.2. The Kier molecular flexibility index (Phi) is 8.04. The molecule has 136 valence electrons. The van der Waals surface area contributed by atoms with Crippen LogP contribution in [-0.2, 0) is 6.42 Å². The highest BCUT2D eigenvalue weighted by Crippen LogP contribution is 2.34. The predicted molar refractivity (Wildman–Crippen MR) is 93.4 cm³/mol. The molecule has 0 amide bonds. The van der Waals surface area contributed by atoms with E-state index in [1.807, 2.05) is 0 Å². The van der Waals surface area contributed by atoms with Crippen LogP contribution < -0.4 is 0 Å². The quantitative estimate of drug-likeness (QED) is 0.381. The molecule has 0 radical (unpaired) electrons. The Morgan fingerprint density at radius 3 is 2.36 bits per heavy atom. The number of rotatable bonds is 8. The molecule has 0 N–H and O–H groups in total. The molecular formula is C21H26F3N. The van der Waals surface area contributed by atoms with Gasteiger partial charge in [-0.3, -0.25) is 0 Å². The largest absolute Gasteiger partial charge is 0.204 e. The van der Waals surface area contributed by atoms with E-state index in [0.29, 0.717) is 12.3 Å². The minimum absolute atomic E-state index is 0.654. The maximum atomic E-state index is 13.2. The second kappa shape index (κ2) is 10.3. The fourth-order valence-electron chi connectivity index (χ4n) is 3.76. The third-order valence-electron chi connectivity index (χ3n) is 5.28. The first kappa shape index (κ1) is 19.6. The number of hydrogen-bond donors (Lipinski definition) is 0. The Hall–Kier alpha value is -1.76. The second-order valence-electron chi connectivity index (χ2n) is 7.12. The summed E-state index contributed by atoms with van der Waals surface area (Å²) in [6.07, 6.45) is 12.0. The molecule has 0 aliphatic heterocycles. The fraction of sp³-hybridized carbons (Fsp3) is 0.571. The van der Waals surface area contributed by atoms with Crippen molar-refractivity contribution in [3.8, 4) is 6.07 Å². The third kappa shape index (κ3) is 6.94. The number of halogens is 3. The van der Waals surface area contributed by atoms with Gasteiger partial charge < -0.3 is 0 Å². The minimum Gasteiger partial charge on any atom is -0.204 e. The van der Waals surface area contributed by atoms with Gasteiger partial charge in [-0.2, -0.15) is 9.65 Å². The van der Waals surface area contributed by atoms with Crippen LogP contribution in [0.5, 0.6) is 0 Å². The molecule has 1 aromatic rings. The summed E-state index contributed by atoms with van der Waals surface area (Å²) in [4.78, 5) is 0. The number of benzene rings is 1. The second-order valence-corrected chi connectivity index (χ2v) is 7.12. The Balaban J connectivity index is 1.58. The molecule has 1 fully saturated rings. The summed E-state index contributed by atoms with van der Waals surface area (Å²) < 4.78 is 38.8. The van der Waals surface area contributed by atoms with Gasteiger partial charge in [0, 0.05) is 0 Å². The van der Waals surface area contributed by atoms with Crippen molar-refractivity contribution in [1.29, 1.82) is 5.26 Å². The third-order valence-corrected chi connectivity index (χ3v) is 5.28. The summed E-state index contributed by atoms with van der Waals surface area (Å²) in [7, 11) is 0. The lowest BCUT2D eigenvalue weighted by atomic mass is 9.78. The van der Waals surface area contributed by atoms with Crippen LogP contribution in [0.25, 0.3) is 0 Å². The smallest absolute Gasteiger partial charge is 0.196 e. The summed E-state index contributed by atoms with van der Waals surface area (Å²) in [6, 6.07) is 5.66. The molecule has 0 spiro atoms. The van der Waals surface area contributed by atoms with Crippen molar-refractivity contribution in [3.05, 3.63) is 47.3 Å². The van der Waals surface area contributed by atoms with Crippen molar-refractivity contribution < 1.29 is 13.2 Å². The Labute approximate surface area is 148 Å². The van der Waals surface area contributed by atoms with Crippen LogP contribution in [0.3, 0.4) is 0 Å². The molecular weight excluding hydrogens is 323 g/mol. The molecule has 1 aromatic carbocycles. The molecule has 1 nitrogen and oxygen atoms in total. The number of aryl methyl sites for hydroxylation is 1. The topological polar surface area (TPSA) is 23.8 Å². The van der Waals surface area contributed by atoms with Crippen LogP contribution in [-0.4, -0.2) is 0 Å². The molecule has 0 atom stereocenters. The van der Waals surface area contributed by atoms with E-state index in [0.717, 1.165) is 37.2 Å². The zero-order valence-corrected chi connectivity index (χ0v) is 14.6. The van der Waals surface area contributed by atoms with E-state index in [9.17, 15) is 13.2 Å². The van der Waals surface area contributed by atoms with Gasteiger partial charge in [0.1, 0.15) is 6.07 Å². The maximum absolute atomic E-state index is 13.2. The van der Waals surface area contributed by atoms with Crippen LogP contribution in [0.2, 0.25) is 0 Å². The molecule has 1 aliphatic carbocycles. The van der Waals surface area contributed by atoms with E-state index in [4.69, 9.17) is 5.26 Å². The van der Waals surface area contributed by atoms with Gasteiger partial charge in [0.25, 0.3) is 0 Å². The van der Waals surface area contributed by atoms with E-state index in [-0.39, 0.29) is 0 Å². The summed E-state index contributed by atoms with van der Waals surface area (Å²) in [5, 5.41) is 8.38. The van der Waals surface area contributed by atoms with Crippen molar-refractivity contribution in [2.75, 3.05) is 0 Å². The van der Waals surface area contributed by atoms with Crippen molar-refractivity contribution in [2.24, 2.45) is 11.8 Å². The van der Waals surface area contributed by atoms with E-state index in [1.165, 1.54) is 56.4 Å². The molecule has 0 bridgehead atoms. The number of nitrogens with zero attached hydrogens (tertiary/aromatic N) is 1. The molecule has 0 heterocycles. The summed E-state index contributed by atoms with van der Waals surface area (Å²) >= 11 is 0. The number of nitriles is 1. The highest BCUT2D eigenvalue weighted by Gasteiger charge is 2.20. The van der Waals surface area contributed by atoms with Crippen LogP contribution in [0.1, 0.15) is 63.4 Å². The zero-order chi connectivity index (χ0) is 18.1.